The average molecular weight is 283 g/mol. The van der Waals surface area contributed by atoms with E-state index >= 15 is 0 Å². The highest BCUT2D eigenvalue weighted by atomic mass is 16.4. The summed E-state index contributed by atoms with van der Waals surface area (Å²) in [6, 6.07) is 0.386. The molecule has 1 heterocycles. The van der Waals surface area contributed by atoms with Crippen molar-refractivity contribution >= 4 is 12.0 Å². The van der Waals surface area contributed by atoms with Crippen LogP contribution >= 0.6 is 0 Å². The fourth-order valence-corrected chi connectivity index (χ4v) is 2.62. The number of piperazine rings is 1. The van der Waals surface area contributed by atoms with Crippen LogP contribution in [-0.2, 0) is 4.79 Å². The maximum Gasteiger partial charge on any atom is 0.323 e. The molecule has 0 aromatic heterocycles. The van der Waals surface area contributed by atoms with Crippen molar-refractivity contribution in [3.8, 4) is 0 Å². The lowest BCUT2D eigenvalue weighted by molar-refractivity contribution is -0.137. The van der Waals surface area contributed by atoms with Crippen LogP contribution in [-0.4, -0.2) is 77.1 Å². The third-order valence-corrected chi connectivity index (χ3v) is 4.09. The standard InChI is InChI=1S/C14H25N3O3/c1-11(2)15-5-7-16(8-6-15)14(20)17(10-13(18)19)9-12-3-4-12/h11-12H,3-10H2,1-2H3,(H,18,19). The zero-order valence-corrected chi connectivity index (χ0v) is 12.4. The zero-order valence-electron chi connectivity index (χ0n) is 12.4. The molecule has 20 heavy (non-hydrogen) atoms. The van der Waals surface area contributed by atoms with Crippen molar-refractivity contribution in [1.82, 2.24) is 14.7 Å². The molecule has 1 aliphatic heterocycles. The zero-order chi connectivity index (χ0) is 14.7. The number of amides is 2. The van der Waals surface area contributed by atoms with Crippen LogP contribution in [0.15, 0.2) is 0 Å². The second kappa shape index (κ2) is 6.43. The maximum atomic E-state index is 12.4. The lowest BCUT2D eigenvalue weighted by atomic mass is 10.2. The van der Waals surface area contributed by atoms with Crippen molar-refractivity contribution in [2.75, 3.05) is 39.3 Å². The first-order chi connectivity index (χ1) is 9.47. The lowest BCUT2D eigenvalue weighted by Crippen LogP contribution is -2.55. The normalized spacial score (nSPS) is 20.2. The van der Waals surface area contributed by atoms with E-state index in [1.807, 2.05) is 0 Å². The number of hydrogen-bond donors (Lipinski definition) is 1. The number of carboxylic acids is 1. The van der Waals surface area contributed by atoms with Crippen LogP contribution in [0.5, 0.6) is 0 Å². The molecule has 0 aromatic rings. The Labute approximate surface area is 120 Å². The lowest BCUT2D eigenvalue weighted by Gasteiger charge is -2.38. The van der Waals surface area contributed by atoms with Crippen LogP contribution in [0.4, 0.5) is 4.79 Å². The molecule has 1 aliphatic carbocycles. The Morgan fingerprint density at radius 2 is 1.80 bits per heavy atom. The number of hydrogen-bond acceptors (Lipinski definition) is 3. The predicted octanol–water partition coefficient (Wildman–Crippen LogP) is 0.929. The number of aliphatic carboxylic acids is 1. The Bertz CT molecular complexity index is 361. The summed E-state index contributed by atoms with van der Waals surface area (Å²) in [5, 5.41) is 8.96. The van der Waals surface area contributed by atoms with E-state index < -0.39 is 5.97 Å². The molecule has 2 aliphatic rings. The Balaban J connectivity index is 1.88. The van der Waals surface area contributed by atoms with Gasteiger partial charge in [0.2, 0.25) is 0 Å². The Morgan fingerprint density at radius 3 is 2.25 bits per heavy atom. The topological polar surface area (TPSA) is 64.1 Å². The number of urea groups is 1. The molecule has 114 valence electrons. The van der Waals surface area contributed by atoms with E-state index in [1.165, 1.54) is 4.90 Å². The van der Waals surface area contributed by atoms with Crippen molar-refractivity contribution in [3.63, 3.8) is 0 Å². The van der Waals surface area contributed by atoms with Gasteiger partial charge < -0.3 is 14.9 Å². The summed E-state index contributed by atoms with van der Waals surface area (Å²) in [6.07, 6.45) is 2.23. The second-order valence-electron chi connectivity index (χ2n) is 6.12. The monoisotopic (exact) mass is 283 g/mol. The fourth-order valence-electron chi connectivity index (χ4n) is 2.62. The third kappa shape index (κ3) is 4.10. The van der Waals surface area contributed by atoms with Crippen LogP contribution in [0, 0.1) is 5.92 Å². The van der Waals surface area contributed by atoms with Gasteiger partial charge in [0.1, 0.15) is 6.54 Å². The molecule has 0 atom stereocenters. The molecular formula is C14H25N3O3. The molecule has 0 unspecified atom stereocenters. The van der Waals surface area contributed by atoms with Gasteiger partial charge in [-0.25, -0.2) is 4.79 Å². The van der Waals surface area contributed by atoms with Gasteiger partial charge in [0, 0.05) is 38.8 Å². The Morgan fingerprint density at radius 1 is 1.20 bits per heavy atom. The molecule has 0 bridgehead atoms. The van der Waals surface area contributed by atoms with Crippen LogP contribution in [0.2, 0.25) is 0 Å². The molecule has 6 nitrogen and oxygen atoms in total. The first kappa shape index (κ1) is 15.1. The fraction of sp³-hybridized carbons (Fsp3) is 0.857. The minimum atomic E-state index is -0.931. The number of carboxylic acid groups (broad SMARTS) is 1. The number of carbonyl (C=O) groups is 2. The minimum absolute atomic E-state index is 0.109. The Kier molecular flexibility index (Phi) is 4.86. The second-order valence-corrected chi connectivity index (χ2v) is 6.12. The highest BCUT2D eigenvalue weighted by Gasteiger charge is 2.31. The summed E-state index contributed by atoms with van der Waals surface area (Å²) in [5.74, 6) is -0.421. The summed E-state index contributed by atoms with van der Waals surface area (Å²) in [4.78, 5) is 29.0. The molecule has 6 heteroatoms. The van der Waals surface area contributed by atoms with Crippen LogP contribution in [0.3, 0.4) is 0 Å². The van der Waals surface area contributed by atoms with E-state index in [0.717, 1.165) is 25.9 Å². The van der Waals surface area contributed by atoms with Gasteiger partial charge in [-0.3, -0.25) is 9.69 Å². The first-order valence-corrected chi connectivity index (χ1v) is 7.47. The SMILES string of the molecule is CC(C)N1CCN(C(=O)N(CC(=O)O)CC2CC2)CC1. The first-order valence-electron chi connectivity index (χ1n) is 7.47. The molecule has 1 saturated heterocycles. The quantitative estimate of drug-likeness (QED) is 0.815. The summed E-state index contributed by atoms with van der Waals surface area (Å²) < 4.78 is 0. The van der Waals surface area contributed by atoms with Crippen LogP contribution < -0.4 is 0 Å². The number of carbonyl (C=O) groups excluding carboxylic acids is 1. The van der Waals surface area contributed by atoms with Crippen LogP contribution in [0.25, 0.3) is 0 Å². The molecule has 2 amide bonds. The van der Waals surface area contributed by atoms with E-state index in [9.17, 15) is 9.59 Å². The van der Waals surface area contributed by atoms with Gasteiger partial charge in [0.15, 0.2) is 0 Å². The molecule has 0 aromatic carbocycles. The van der Waals surface area contributed by atoms with E-state index in [0.29, 0.717) is 31.6 Å². The minimum Gasteiger partial charge on any atom is -0.480 e. The predicted molar refractivity (Wildman–Crippen MR) is 75.6 cm³/mol. The number of rotatable bonds is 5. The van der Waals surface area contributed by atoms with Gasteiger partial charge in [-0.15, -0.1) is 0 Å². The van der Waals surface area contributed by atoms with Crippen molar-refractivity contribution in [2.24, 2.45) is 5.92 Å². The molecule has 2 fully saturated rings. The summed E-state index contributed by atoms with van der Waals surface area (Å²) in [7, 11) is 0. The Hall–Kier alpha value is -1.30. The molecule has 0 spiro atoms. The third-order valence-electron chi connectivity index (χ3n) is 4.09. The molecular weight excluding hydrogens is 258 g/mol. The summed E-state index contributed by atoms with van der Waals surface area (Å²) >= 11 is 0. The summed E-state index contributed by atoms with van der Waals surface area (Å²) in [6.45, 7) is 7.84. The molecule has 2 rings (SSSR count). The van der Waals surface area contributed by atoms with Gasteiger partial charge >= 0.3 is 12.0 Å². The maximum absolute atomic E-state index is 12.4. The average Bonchev–Trinajstić information content (AvgIpc) is 3.20. The largest absolute Gasteiger partial charge is 0.480 e. The van der Waals surface area contributed by atoms with E-state index in [1.54, 1.807) is 4.90 Å². The van der Waals surface area contributed by atoms with E-state index in [4.69, 9.17) is 5.11 Å². The highest BCUT2D eigenvalue weighted by Crippen LogP contribution is 2.30. The van der Waals surface area contributed by atoms with Crippen LogP contribution in [0.1, 0.15) is 26.7 Å². The summed E-state index contributed by atoms with van der Waals surface area (Å²) in [5.41, 5.74) is 0. The van der Waals surface area contributed by atoms with Crippen molar-refractivity contribution in [2.45, 2.75) is 32.7 Å². The molecule has 0 radical (unpaired) electrons. The smallest absolute Gasteiger partial charge is 0.323 e. The van der Waals surface area contributed by atoms with E-state index in [-0.39, 0.29) is 12.6 Å². The van der Waals surface area contributed by atoms with Gasteiger partial charge in [0.05, 0.1) is 0 Å². The molecule has 1 N–H and O–H groups in total. The van der Waals surface area contributed by atoms with E-state index in [2.05, 4.69) is 18.7 Å². The van der Waals surface area contributed by atoms with Crippen molar-refractivity contribution in [3.05, 3.63) is 0 Å². The van der Waals surface area contributed by atoms with Gasteiger partial charge in [0.25, 0.3) is 0 Å². The van der Waals surface area contributed by atoms with Gasteiger partial charge in [-0.2, -0.15) is 0 Å². The van der Waals surface area contributed by atoms with Gasteiger partial charge in [-0.1, -0.05) is 0 Å². The molecule has 1 saturated carbocycles. The van der Waals surface area contributed by atoms with Crippen molar-refractivity contribution < 1.29 is 14.7 Å². The van der Waals surface area contributed by atoms with Crippen molar-refractivity contribution in [1.29, 1.82) is 0 Å². The number of nitrogens with zero attached hydrogens (tertiary/aromatic N) is 3. The van der Waals surface area contributed by atoms with Gasteiger partial charge in [-0.05, 0) is 32.6 Å². The highest BCUT2D eigenvalue weighted by molar-refractivity contribution is 5.80.